The van der Waals surface area contributed by atoms with Crippen LogP contribution in [-0.2, 0) is 4.79 Å². The average Bonchev–Trinajstić information content (AvgIpc) is 3.18. The van der Waals surface area contributed by atoms with Gasteiger partial charge in [-0.25, -0.2) is 0 Å². The Morgan fingerprint density at radius 1 is 1.06 bits per heavy atom. The molecule has 0 aliphatic carbocycles. The summed E-state index contributed by atoms with van der Waals surface area (Å²) in [5.41, 5.74) is 3.20. The highest BCUT2D eigenvalue weighted by Crippen LogP contribution is 2.30. The van der Waals surface area contributed by atoms with E-state index in [9.17, 15) is 4.79 Å². The van der Waals surface area contributed by atoms with E-state index in [1.165, 1.54) is 16.8 Å². The smallest absolute Gasteiger partial charge is 0.283 e. The lowest BCUT2D eigenvalue weighted by Gasteiger charge is -2.20. The third-order valence-electron chi connectivity index (χ3n) is 5.28. The van der Waals surface area contributed by atoms with Gasteiger partial charge < -0.3 is 9.47 Å². The van der Waals surface area contributed by atoms with Crippen molar-refractivity contribution < 1.29 is 14.3 Å². The number of thioether (sulfide) groups is 1. The molecule has 2 aliphatic rings. The molecule has 0 saturated heterocycles. The fraction of sp³-hybridized carbons (Fsp3) is 0.308. The van der Waals surface area contributed by atoms with E-state index in [1.54, 1.807) is 6.08 Å². The van der Waals surface area contributed by atoms with Crippen LogP contribution >= 0.6 is 11.8 Å². The first-order valence-corrected chi connectivity index (χ1v) is 12.0. The van der Waals surface area contributed by atoms with E-state index < -0.39 is 5.91 Å². The van der Waals surface area contributed by atoms with Gasteiger partial charge in [-0.3, -0.25) is 10.2 Å². The van der Waals surface area contributed by atoms with Gasteiger partial charge in [0.15, 0.2) is 5.84 Å². The number of nitrogens with one attached hydrogen (secondary N) is 1. The Kier molecular flexibility index (Phi) is 7.17. The first kappa shape index (κ1) is 23.8. The second-order valence-electron chi connectivity index (χ2n) is 8.60. The van der Waals surface area contributed by atoms with Crippen molar-refractivity contribution in [2.75, 3.05) is 13.2 Å². The minimum absolute atomic E-state index is 0.0465. The Hall–Kier alpha value is -3.39. The third-order valence-corrected chi connectivity index (χ3v) is 6.21. The molecule has 7 nitrogen and oxygen atoms in total. The van der Waals surface area contributed by atoms with E-state index >= 15 is 0 Å². The molecule has 2 aromatic rings. The molecule has 4 rings (SSSR count). The predicted molar refractivity (Wildman–Crippen MR) is 138 cm³/mol. The number of hydrogen-bond donors (Lipinski definition) is 1. The number of hydrogen-bond acceptors (Lipinski definition) is 6. The molecule has 2 aliphatic heterocycles. The van der Waals surface area contributed by atoms with E-state index in [1.807, 2.05) is 56.3 Å². The molecule has 0 saturated carbocycles. The standard InChI is InChI=1S/C26H28N4O3S/c1-16(2)14-22-29-30-24(27)21(25(31)28-26(30)34-22)15-19-8-10-20(11-9-19)32-12-13-33-23-17(3)6-5-7-18(23)4/h5-11,15-16,27H,12-14H2,1-4H3. The zero-order valence-electron chi connectivity index (χ0n) is 19.8. The van der Waals surface area contributed by atoms with Gasteiger partial charge in [-0.2, -0.15) is 15.1 Å². The minimum atomic E-state index is -0.422. The number of aryl methyl sites for hydroxylation is 2. The quantitative estimate of drug-likeness (QED) is 0.406. The fourth-order valence-corrected chi connectivity index (χ4v) is 4.72. The summed E-state index contributed by atoms with van der Waals surface area (Å²) in [5, 5.41) is 15.7. The lowest BCUT2D eigenvalue weighted by atomic mass is 10.1. The topological polar surface area (TPSA) is 87.3 Å². The molecule has 1 amide bonds. The van der Waals surface area contributed by atoms with Crippen LogP contribution in [0.1, 0.15) is 37.0 Å². The van der Waals surface area contributed by atoms with Gasteiger partial charge in [0, 0.05) is 6.42 Å². The first-order chi connectivity index (χ1) is 16.3. The Labute approximate surface area is 204 Å². The highest BCUT2D eigenvalue weighted by molar-refractivity contribution is 8.26. The van der Waals surface area contributed by atoms with Crippen LogP contribution in [0.2, 0.25) is 0 Å². The normalized spacial score (nSPS) is 16.6. The lowest BCUT2D eigenvalue weighted by Crippen LogP contribution is -2.35. The Bertz CT molecular complexity index is 1180. The van der Waals surface area contributed by atoms with E-state index in [0.29, 0.717) is 30.0 Å². The number of rotatable bonds is 8. The first-order valence-electron chi connectivity index (χ1n) is 11.2. The van der Waals surface area contributed by atoms with Crippen LogP contribution in [0.5, 0.6) is 11.5 Å². The van der Waals surface area contributed by atoms with Gasteiger partial charge in [-0.15, -0.1) is 0 Å². The molecule has 2 heterocycles. The zero-order valence-corrected chi connectivity index (χ0v) is 20.6. The van der Waals surface area contributed by atoms with Crippen molar-refractivity contribution in [1.82, 2.24) is 5.01 Å². The van der Waals surface area contributed by atoms with E-state index in [-0.39, 0.29) is 11.4 Å². The van der Waals surface area contributed by atoms with Crippen LogP contribution in [0.4, 0.5) is 0 Å². The van der Waals surface area contributed by atoms with Crippen molar-refractivity contribution in [3.63, 3.8) is 0 Å². The zero-order chi connectivity index (χ0) is 24.2. The van der Waals surface area contributed by atoms with Crippen LogP contribution in [0, 0.1) is 25.2 Å². The summed E-state index contributed by atoms with van der Waals surface area (Å²) >= 11 is 1.36. The molecule has 0 radical (unpaired) electrons. The van der Waals surface area contributed by atoms with Crippen molar-refractivity contribution in [3.05, 3.63) is 64.7 Å². The van der Waals surface area contributed by atoms with Gasteiger partial charge in [0.1, 0.15) is 29.8 Å². The predicted octanol–water partition coefficient (Wildman–Crippen LogP) is 5.43. The number of aliphatic imine (C=N–C) groups is 1. The molecular formula is C26H28N4O3S. The van der Waals surface area contributed by atoms with Crippen molar-refractivity contribution in [3.8, 4) is 11.5 Å². The van der Waals surface area contributed by atoms with Gasteiger partial charge >= 0.3 is 0 Å². The molecule has 0 fully saturated rings. The van der Waals surface area contributed by atoms with E-state index in [2.05, 4.69) is 23.9 Å². The third kappa shape index (κ3) is 5.39. The number of amides is 1. The number of ether oxygens (including phenoxy) is 2. The number of amidine groups is 2. The maximum atomic E-state index is 12.6. The molecule has 34 heavy (non-hydrogen) atoms. The van der Waals surface area contributed by atoms with Crippen molar-refractivity contribution >= 4 is 39.8 Å². The highest BCUT2D eigenvalue weighted by atomic mass is 32.2. The summed E-state index contributed by atoms with van der Waals surface area (Å²) in [7, 11) is 0. The summed E-state index contributed by atoms with van der Waals surface area (Å²) in [4.78, 5) is 16.7. The second kappa shape index (κ2) is 10.3. The van der Waals surface area contributed by atoms with Crippen LogP contribution in [0.15, 0.2) is 58.1 Å². The summed E-state index contributed by atoms with van der Waals surface area (Å²) in [6, 6.07) is 13.4. The number of fused-ring (bicyclic) bond motifs is 1. The Morgan fingerprint density at radius 3 is 2.41 bits per heavy atom. The van der Waals surface area contributed by atoms with Crippen LogP contribution in [-0.4, -0.2) is 40.2 Å². The average molecular weight is 477 g/mol. The molecule has 0 aromatic heterocycles. The van der Waals surface area contributed by atoms with Crippen molar-refractivity contribution in [2.45, 2.75) is 34.1 Å². The molecule has 0 spiro atoms. The summed E-state index contributed by atoms with van der Waals surface area (Å²) in [5.74, 6) is 1.66. The second-order valence-corrected chi connectivity index (χ2v) is 9.64. The summed E-state index contributed by atoms with van der Waals surface area (Å²) in [6.07, 6.45) is 2.46. The van der Waals surface area contributed by atoms with Crippen molar-refractivity contribution in [2.24, 2.45) is 16.0 Å². The molecule has 1 N–H and O–H groups in total. The molecule has 0 atom stereocenters. The van der Waals surface area contributed by atoms with Gasteiger partial charge in [-0.05, 0) is 66.4 Å². The molecular weight excluding hydrogens is 448 g/mol. The maximum absolute atomic E-state index is 12.6. The van der Waals surface area contributed by atoms with E-state index in [0.717, 1.165) is 33.9 Å². The highest BCUT2D eigenvalue weighted by Gasteiger charge is 2.35. The van der Waals surface area contributed by atoms with Gasteiger partial charge in [-0.1, -0.05) is 44.2 Å². The molecule has 2 aromatic carbocycles. The Morgan fingerprint density at radius 2 is 1.74 bits per heavy atom. The molecule has 176 valence electrons. The van der Waals surface area contributed by atoms with Crippen molar-refractivity contribution in [1.29, 1.82) is 5.41 Å². The SMILES string of the molecule is Cc1cccc(C)c1OCCOc1ccc(C=C2C(=N)N3N=C(CC(C)C)SC3=NC2=O)cc1. The molecule has 0 bridgehead atoms. The number of hydrazone groups is 1. The number of carbonyl (C=O) groups is 1. The molecule has 0 unspecified atom stereocenters. The number of benzene rings is 2. The minimum Gasteiger partial charge on any atom is -0.490 e. The monoisotopic (exact) mass is 476 g/mol. The van der Waals surface area contributed by atoms with Gasteiger partial charge in [0.05, 0.1) is 5.57 Å². The van der Waals surface area contributed by atoms with Gasteiger partial charge in [0.2, 0.25) is 5.17 Å². The van der Waals surface area contributed by atoms with Crippen LogP contribution in [0.3, 0.4) is 0 Å². The fourth-order valence-electron chi connectivity index (χ4n) is 3.62. The lowest BCUT2D eigenvalue weighted by molar-refractivity contribution is -0.114. The molecule has 8 heteroatoms. The number of nitrogens with zero attached hydrogens (tertiary/aromatic N) is 3. The number of para-hydroxylation sites is 1. The van der Waals surface area contributed by atoms with Crippen LogP contribution in [0.25, 0.3) is 6.08 Å². The van der Waals surface area contributed by atoms with Gasteiger partial charge in [0.25, 0.3) is 5.91 Å². The maximum Gasteiger partial charge on any atom is 0.283 e. The summed E-state index contributed by atoms with van der Waals surface area (Å²) in [6.45, 7) is 9.12. The largest absolute Gasteiger partial charge is 0.490 e. The van der Waals surface area contributed by atoms with E-state index in [4.69, 9.17) is 14.9 Å². The Balaban J connectivity index is 1.36. The van der Waals surface area contributed by atoms with Crippen LogP contribution < -0.4 is 9.47 Å². The summed E-state index contributed by atoms with van der Waals surface area (Å²) < 4.78 is 11.7. The number of carbonyl (C=O) groups excluding carboxylic acids is 1.